The summed E-state index contributed by atoms with van der Waals surface area (Å²) in [5.74, 6) is 0.123. The minimum Gasteiger partial charge on any atom is -0.352 e. The second-order valence-corrected chi connectivity index (χ2v) is 8.93. The molecule has 1 N–H and O–H groups in total. The van der Waals surface area contributed by atoms with E-state index in [1.54, 1.807) is 25.1 Å². The standard InChI is InChI=1S/C24H31FN2O2S/c1-16(2)26-24(29)19(5)27(13-21-8-6-7-9-22(21)25)23(28)15-30-14-20-11-17(3)10-18(4)12-20/h6-12,16,19H,13-15H2,1-5H3,(H,26,29). The molecule has 1 atom stereocenters. The second kappa shape index (κ2) is 11.2. The highest BCUT2D eigenvalue weighted by Gasteiger charge is 2.27. The van der Waals surface area contributed by atoms with Crippen molar-refractivity contribution < 1.29 is 14.0 Å². The Morgan fingerprint density at radius 1 is 1.07 bits per heavy atom. The van der Waals surface area contributed by atoms with E-state index in [1.165, 1.54) is 33.9 Å². The molecule has 0 aliphatic heterocycles. The molecule has 0 aromatic heterocycles. The van der Waals surface area contributed by atoms with Gasteiger partial charge in [-0.1, -0.05) is 47.5 Å². The first-order valence-corrected chi connectivity index (χ1v) is 11.3. The fourth-order valence-corrected chi connectivity index (χ4v) is 4.13. The average Bonchev–Trinajstić information content (AvgIpc) is 2.65. The quantitative estimate of drug-likeness (QED) is 0.632. The molecule has 2 amide bonds. The molecule has 0 heterocycles. The Labute approximate surface area is 183 Å². The Bertz CT molecular complexity index is 865. The van der Waals surface area contributed by atoms with E-state index in [2.05, 4.69) is 37.4 Å². The molecule has 0 saturated heterocycles. The number of nitrogens with zero attached hydrogens (tertiary/aromatic N) is 1. The van der Waals surface area contributed by atoms with Gasteiger partial charge >= 0.3 is 0 Å². The largest absolute Gasteiger partial charge is 0.352 e. The SMILES string of the molecule is Cc1cc(C)cc(CSCC(=O)N(Cc2ccccc2F)C(C)C(=O)NC(C)C)c1. The topological polar surface area (TPSA) is 49.4 Å². The van der Waals surface area contributed by atoms with Crippen LogP contribution in [0.25, 0.3) is 0 Å². The number of halogens is 1. The highest BCUT2D eigenvalue weighted by molar-refractivity contribution is 7.99. The Morgan fingerprint density at radius 2 is 1.70 bits per heavy atom. The lowest BCUT2D eigenvalue weighted by molar-refractivity contribution is -0.138. The number of thioether (sulfide) groups is 1. The highest BCUT2D eigenvalue weighted by atomic mass is 32.2. The van der Waals surface area contributed by atoms with Crippen LogP contribution in [0.3, 0.4) is 0 Å². The molecule has 2 aromatic rings. The van der Waals surface area contributed by atoms with Gasteiger partial charge in [0.05, 0.1) is 5.75 Å². The van der Waals surface area contributed by atoms with Crippen molar-refractivity contribution in [2.75, 3.05) is 5.75 Å². The van der Waals surface area contributed by atoms with Gasteiger partial charge in [0.1, 0.15) is 11.9 Å². The number of aryl methyl sites for hydroxylation is 2. The van der Waals surface area contributed by atoms with Gasteiger partial charge in [-0.2, -0.15) is 0 Å². The molecule has 6 heteroatoms. The third kappa shape index (κ3) is 7.17. The van der Waals surface area contributed by atoms with Gasteiger partial charge in [0.25, 0.3) is 0 Å². The van der Waals surface area contributed by atoms with Crippen LogP contribution in [-0.4, -0.2) is 34.6 Å². The van der Waals surface area contributed by atoms with Crippen LogP contribution < -0.4 is 5.32 Å². The molecule has 30 heavy (non-hydrogen) atoms. The van der Waals surface area contributed by atoms with Crippen molar-refractivity contribution >= 4 is 23.6 Å². The number of hydrogen-bond donors (Lipinski definition) is 1. The van der Waals surface area contributed by atoms with Crippen molar-refractivity contribution in [3.8, 4) is 0 Å². The van der Waals surface area contributed by atoms with Crippen LogP contribution in [0, 0.1) is 19.7 Å². The van der Waals surface area contributed by atoms with Crippen molar-refractivity contribution in [2.45, 2.75) is 59.0 Å². The predicted octanol–water partition coefficient (Wildman–Crippen LogP) is 4.62. The van der Waals surface area contributed by atoms with E-state index in [0.717, 1.165) is 5.56 Å². The summed E-state index contributed by atoms with van der Waals surface area (Å²) in [6.45, 7) is 9.59. The molecular formula is C24H31FN2O2S. The zero-order valence-electron chi connectivity index (χ0n) is 18.4. The van der Waals surface area contributed by atoms with E-state index in [-0.39, 0.29) is 36.0 Å². The van der Waals surface area contributed by atoms with Crippen LogP contribution in [0.2, 0.25) is 0 Å². The first kappa shape index (κ1) is 23.9. The lowest BCUT2D eigenvalue weighted by atomic mass is 10.1. The van der Waals surface area contributed by atoms with Crippen LogP contribution in [-0.2, 0) is 21.9 Å². The molecule has 0 saturated carbocycles. The van der Waals surface area contributed by atoms with Crippen LogP contribution in [0.1, 0.15) is 43.0 Å². The summed E-state index contributed by atoms with van der Waals surface area (Å²) in [6, 6.07) is 12.0. The van der Waals surface area contributed by atoms with Gasteiger partial charge in [-0.15, -0.1) is 11.8 Å². The lowest BCUT2D eigenvalue weighted by Gasteiger charge is -2.29. The van der Waals surface area contributed by atoms with Crippen molar-refractivity contribution in [3.05, 3.63) is 70.5 Å². The zero-order valence-corrected chi connectivity index (χ0v) is 19.2. The summed E-state index contributed by atoms with van der Waals surface area (Å²) < 4.78 is 14.2. The third-order valence-corrected chi connectivity index (χ3v) is 5.66. The van der Waals surface area contributed by atoms with Crippen LogP contribution >= 0.6 is 11.8 Å². The van der Waals surface area contributed by atoms with E-state index < -0.39 is 6.04 Å². The average molecular weight is 431 g/mol. The number of rotatable bonds is 9. The Balaban J connectivity index is 2.10. The van der Waals surface area contributed by atoms with Gasteiger partial charge in [-0.05, 0) is 46.2 Å². The fraction of sp³-hybridized carbons (Fsp3) is 0.417. The van der Waals surface area contributed by atoms with Gasteiger partial charge in [-0.25, -0.2) is 4.39 Å². The van der Waals surface area contributed by atoms with Crippen molar-refractivity contribution in [1.29, 1.82) is 0 Å². The Kier molecular flexibility index (Phi) is 8.90. The minimum absolute atomic E-state index is 0.0377. The fourth-order valence-electron chi connectivity index (χ4n) is 3.29. The molecule has 4 nitrogen and oxygen atoms in total. The van der Waals surface area contributed by atoms with Gasteiger partial charge in [-0.3, -0.25) is 9.59 Å². The number of carbonyl (C=O) groups is 2. The Hall–Kier alpha value is -2.34. The van der Waals surface area contributed by atoms with Crippen molar-refractivity contribution in [1.82, 2.24) is 10.2 Å². The molecule has 162 valence electrons. The highest BCUT2D eigenvalue weighted by Crippen LogP contribution is 2.19. The summed E-state index contributed by atoms with van der Waals surface area (Å²) in [4.78, 5) is 27.0. The van der Waals surface area contributed by atoms with E-state index >= 15 is 0 Å². The number of nitrogens with one attached hydrogen (secondary N) is 1. The normalized spacial score (nSPS) is 12.0. The maximum Gasteiger partial charge on any atom is 0.242 e. The van der Waals surface area contributed by atoms with Gasteiger partial charge in [0.15, 0.2) is 0 Å². The number of hydrogen-bond acceptors (Lipinski definition) is 3. The number of benzene rings is 2. The first-order chi connectivity index (χ1) is 14.2. The van der Waals surface area contributed by atoms with Crippen LogP contribution in [0.15, 0.2) is 42.5 Å². The molecular weight excluding hydrogens is 399 g/mol. The molecule has 0 aliphatic rings. The van der Waals surface area contributed by atoms with E-state index in [9.17, 15) is 14.0 Å². The van der Waals surface area contributed by atoms with Gasteiger partial charge in [0.2, 0.25) is 11.8 Å². The lowest BCUT2D eigenvalue weighted by Crippen LogP contribution is -2.49. The predicted molar refractivity (Wildman–Crippen MR) is 122 cm³/mol. The van der Waals surface area contributed by atoms with Crippen LogP contribution in [0.5, 0.6) is 0 Å². The molecule has 2 aromatic carbocycles. The summed E-state index contributed by atoms with van der Waals surface area (Å²) in [7, 11) is 0. The Morgan fingerprint density at radius 3 is 2.30 bits per heavy atom. The van der Waals surface area contributed by atoms with Crippen molar-refractivity contribution in [2.24, 2.45) is 0 Å². The monoisotopic (exact) mass is 430 g/mol. The molecule has 0 bridgehead atoms. The summed E-state index contributed by atoms with van der Waals surface area (Å²) >= 11 is 1.50. The second-order valence-electron chi connectivity index (χ2n) is 7.94. The minimum atomic E-state index is -0.693. The molecule has 0 fully saturated rings. The smallest absolute Gasteiger partial charge is 0.242 e. The van der Waals surface area contributed by atoms with Gasteiger partial charge < -0.3 is 10.2 Å². The zero-order chi connectivity index (χ0) is 22.3. The van der Waals surface area contributed by atoms with Crippen LogP contribution in [0.4, 0.5) is 4.39 Å². The van der Waals surface area contributed by atoms with E-state index in [0.29, 0.717) is 11.3 Å². The van der Waals surface area contributed by atoms with Crippen molar-refractivity contribution in [3.63, 3.8) is 0 Å². The van der Waals surface area contributed by atoms with Gasteiger partial charge in [0, 0.05) is 23.9 Å². The third-order valence-electron chi connectivity index (χ3n) is 4.67. The summed E-state index contributed by atoms with van der Waals surface area (Å²) in [5, 5.41) is 2.84. The number of amides is 2. The molecule has 0 aliphatic carbocycles. The first-order valence-electron chi connectivity index (χ1n) is 10.2. The maximum atomic E-state index is 14.2. The maximum absolute atomic E-state index is 14.2. The number of carbonyl (C=O) groups excluding carboxylic acids is 2. The van der Waals surface area contributed by atoms with E-state index in [1.807, 2.05) is 13.8 Å². The summed E-state index contributed by atoms with van der Waals surface area (Å²) in [5.41, 5.74) is 3.94. The molecule has 2 rings (SSSR count). The summed E-state index contributed by atoms with van der Waals surface area (Å²) in [6.07, 6.45) is 0. The molecule has 0 radical (unpaired) electrons. The molecule has 0 spiro atoms. The van der Waals surface area contributed by atoms with E-state index in [4.69, 9.17) is 0 Å². The molecule has 1 unspecified atom stereocenters.